The summed E-state index contributed by atoms with van der Waals surface area (Å²) in [6.07, 6.45) is 0. The third-order valence-electron chi connectivity index (χ3n) is 8.90. The van der Waals surface area contributed by atoms with Crippen LogP contribution in [0.25, 0.3) is 43.8 Å². The molecular weight excluding hydrogens is 743 g/mol. The molecule has 6 aromatic rings. The van der Waals surface area contributed by atoms with Crippen LogP contribution in [-0.4, -0.2) is 9.52 Å². The van der Waals surface area contributed by atoms with Gasteiger partial charge in [-0.25, -0.2) is 0 Å². The van der Waals surface area contributed by atoms with Crippen LogP contribution in [0.4, 0.5) is 0 Å². The molecule has 4 heteroatoms. The van der Waals surface area contributed by atoms with Crippen LogP contribution in [0.15, 0.2) is 109 Å². The molecule has 0 bridgehead atoms. The Bertz CT molecular complexity index is 1760. The molecule has 0 N–H and O–H groups in total. The average Bonchev–Trinajstić information content (AvgIpc) is 3.70. The molecule has 0 aromatic heterocycles. The molecular formula is C46H56Cl2SiZr. The number of halogens is 2. The van der Waals surface area contributed by atoms with E-state index in [1.807, 2.05) is 0 Å². The molecule has 50 heavy (non-hydrogen) atoms. The summed E-state index contributed by atoms with van der Waals surface area (Å²) in [4.78, 5) is 0. The molecule has 262 valence electrons. The Morgan fingerprint density at radius 2 is 0.840 bits per heavy atom. The minimum absolute atomic E-state index is 0.134. The van der Waals surface area contributed by atoms with E-state index in [9.17, 15) is 0 Å². The first-order valence-electron chi connectivity index (χ1n) is 17.7. The summed E-state index contributed by atoms with van der Waals surface area (Å²) >= 11 is -0.826. The summed E-state index contributed by atoms with van der Waals surface area (Å²) in [6.45, 7) is 27.2. The van der Waals surface area contributed by atoms with Crippen LogP contribution in [-0.2, 0) is 31.7 Å². The van der Waals surface area contributed by atoms with E-state index >= 15 is 0 Å². The molecule has 0 fully saturated rings. The first-order chi connectivity index (χ1) is 23.6. The molecule has 0 atom stereocenters. The number of hydrogen-bond donors (Lipinski definition) is 0. The van der Waals surface area contributed by atoms with E-state index in [-0.39, 0.29) is 10.8 Å². The van der Waals surface area contributed by atoms with Gasteiger partial charge in [-0.3, -0.25) is 0 Å². The number of rotatable bonds is 4. The van der Waals surface area contributed by atoms with Crippen molar-refractivity contribution in [3.63, 3.8) is 0 Å². The predicted molar refractivity (Wildman–Crippen MR) is 225 cm³/mol. The Morgan fingerprint density at radius 3 is 1.10 bits per heavy atom. The van der Waals surface area contributed by atoms with Gasteiger partial charge in [0.1, 0.15) is 0 Å². The van der Waals surface area contributed by atoms with Crippen LogP contribution in [0.2, 0.25) is 13.1 Å². The van der Waals surface area contributed by atoms with Crippen LogP contribution in [0, 0.1) is 0 Å². The van der Waals surface area contributed by atoms with E-state index in [0.717, 1.165) is 9.52 Å². The second kappa shape index (κ2) is 19.0. The van der Waals surface area contributed by atoms with Gasteiger partial charge in [0.15, 0.2) is 0 Å². The van der Waals surface area contributed by atoms with Gasteiger partial charge in [-0.2, -0.15) is 12.1 Å². The van der Waals surface area contributed by atoms with Gasteiger partial charge in [-0.15, -0.1) is 69.1 Å². The molecule has 0 nitrogen and oxygen atoms in total. The summed E-state index contributed by atoms with van der Waals surface area (Å²) in [5, 5.41) is 5.50. The quantitative estimate of drug-likeness (QED) is 0.123. The Kier molecular flexibility index (Phi) is 16.1. The van der Waals surface area contributed by atoms with Gasteiger partial charge >= 0.3 is 37.9 Å². The molecule has 0 aliphatic carbocycles. The fourth-order valence-corrected chi connectivity index (χ4v) is 6.36. The molecule has 6 rings (SSSR count). The zero-order valence-electron chi connectivity index (χ0n) is 32.3. The first kappa shape index (κ1) is 42.2. The van der Waals surface area contributed by atoms with E-state index in [0.29, 0.717) is 11.8 Å². The van der Waals surface area contributed by atoms with Crippen molar-refractivity contribution < 1.29 is 20.8 Å². The molecule has 0 aliphatic rings. The molecule has 0 unspecified atom stereocenters. The van der Waals surface area contributed by atoms with Gasteiger partial charge < -0.3 is 0 Å². The monoisotopic (exact) mass is 796 g/mol. The maximum absolute atomic E-state index is 4.93. The van der Waals surface area contributed by atoms with Crippen LogP contribution in [0.1, 0.15) is 103 Å². The topological polar surface area (TPSA) is 0 Å². The van der Waals surface area contributed by atoms with E-state index in [1.165, 1.54) is 66.1 Å². The molecule has 0 saturated carbocycles. The Labute approximate surface area is 325 Å². The number of benzene rings is 4. The van der Waals surface area contributed by atoms with Gasteiger partial charge in [0.05, 0.1) is 0 Å². The fraction of sp³-hybridized carbons (Fsp3) is 0.348. The van der Waals surface area contributed by atoms with Crippen molar-refractivity contribution in [2.45, 2.75) is 105 Å². The van der Waals surface area contributed by atoms with E-state index in [2.05, 4.69) is 192 Å². The molecule has 2 radical (unpaired) electrons. The van der Waals surface area contributed by atoms with Crippen molar-refractivity contribution in [3.8, 4) is 22.3 Å². The summed E-state index contributed by atoms with van der Waals surface area (Å²) in [7, 11) is 11.0. The van der Waals surface area contributed by atoms with Gasteiger partial charge in [0.2, 0.25) is 0 Å². The van der Waals surface area contributed by atoms with Crippen molar-refractivity contribution >= 4 is 48.1 Å². The molecule has 6 aromatic carbocycles. The Morgan fingerprint density at radius 1 is 0.540 bits per heavy atom. The van der Waals surface area contributed by atoms with Crippen LogP contribution in [0.5, 0.6) is 0 Å². The molecule has 0 heterocycles. The zero-order chi connectivity index (χ0) is 37.2. The van der Waals surface area contributed by atoms with Crippen molar-refractivity contribution in [3.05, 3.63) is 131 Å². The van der Waals surface area contributed by atoms with E-state index < -0.39 is 20.8 Å². The summed E-state index contributed by atoms with van der Waals surface area (Å²) in [5.74, 6) is 1.13. The molecule has 0 saturated heterocycles. The van der Waals surface area contributed by atoms with Crippen LogP contribution in [0.3, 0.4) is 0 Å². The zero-order valence-corrected chi connectivity index (χ0v) is 37.3. The molecule has 0 amide bonds. The number of hydrogen-bond acceptors (Lipinski definition) is 0. The third-order valence-corrected chi connectivity index (χ3v) is 8.90. The minimum atomic E-state index is -0.826. The van der Waals surface area contributed by atoms with Gasteiger partial charge in [-0.1, -0.05) is 165 Å². The van der Waals surface area contributed by atoms with Gasteiger partial charge in [0.25, 0.3) is 0 Å². The maximum atomic E-state index is 4.93. The second-order valence-electron chi connectivity index (χ2n) is 15.7. The van der Waals surface area contributed by atoms with Gasteiger partial charge in [-0.05, 0) is 33.8 Å². The normalized spacial score (nSPS) is 11.4. The molecule has 0 aliphatic heterocycles. The predicted octanol–water partition coefficient (Wildman–Crippen LogP) is 15.5. The van der Waals surface area contributed by atoms with E-state index in [4.69, 9.17) is 17.0 Å². The summed E-state index contributed by atoms with van der Waals surface area (Å²) in [5.41, 5.74) is 11.4. The van der Waals surface area contributed by atoms with Crippen molar-refractivity contribution in [2.75, 3.05) is 0 Å². The number of fused-ring (bicyclic) bond motifs is 2. The standard InChI is InChI=1S/2C22H25.C2H6Si.2ClH.Zr/c2*1-15(2)18-13-17-11-12-20(22(3,4)5)21(19(17)14-18)16-9-7-6-8-10-16;1-3-2;;;/h2*6-15H,1-5H3;1-2H3;2*1H;/q2*-1;;;;+4/p-2. The fourth-order valence-electron chi connectivity index (χ4n) is 6.36. The van der Waals surface area contributed by atoms with Crippen molar-refractivity contribution in [1.82, 2.24) is 0 Å². The van der Waals surface area contributed by atoms with Crippen LogP contribution < -0.4 is 0 Å². The Balaban J connectivity index is 0.000000234. The van der Waals surface area contributed by atoms with Gasteiger partial charge in [0, 0.05) is 9.52 Å². The first-order valence-corrected chi connectivity index (χ1v) is 26.0. The molecule has 0 spiro atoms. The van der Waals surface area contributed by atoms with E-state index in [1.54, 1.807) is 0 Å². The van der Waals surface area contributed by atoms with Crippen LogP contribution >= 0.6 is 17.0 Å². The summed E-state index contributed by atoms with van der Waals surface area (Å²) in [6, 6.07) is 40.3. The van der Waals surface area contributed by atoms with Crippen molar-refractivity contribution in [2.24, 2.45) is 0 Å². The third kappa shape index (κ3) is 10.9. The Hall–Kier alpha value is -2.22. The summed E-state index contributed by atoms with van der Waals surface area (Å²) < 4.78 is 0. The van der Waals surface area contributed by atoms with Crippen molar-refractivity contribution in [1.29, 1.82) is 0 Å². The second-order valence-corrected chi connectivity index (χ2v) is 20.4. The SMILES string of the molecule is CC(C)c1cc2c(-c3ccccc3)c(C(C)(C)C)ccc2[cH-]1.CC(C)c1cc2c(-c3ccccc3)c(C(C)(C)C)ccc2[cH-]1.C[Si]C.[Cl][Zr+2][Cl]. The average molecular weight is 799 g/mol.